The first-order valence-electron chi connectivity index (χ1n) is 9.90. The van der Waals surface area contributed by atoms with Crippen LogP contribution < -0.4 is 10.2 Å². The van der Waals surface area contributed by atoms with Crippen molar-refractivity contribution >= 4 is 40.7 Å². The molecule has 0 unspecified atom stereocenters. The van der Waals surface area contributed by atoms with Gasteiger partial charge in [0.25, 0.3) is 5.91 Å². The van der Waals surface area contributed by atoms with Crippen molar-refractivity contribution in [2.24, 2.45) is 17.8 Å². The molecular formula is C23H23ClN2O3. The minimum Gasteiger partial charge on any atom is -0.322 e. The number of amides is 3. The Hall–Kier alpha value is -2.66. The standard InChI is InChI=1S/C23H23ClN2O3/c1-13-3-10-18-19(11-13)23(29)26(22(18)28)17-8-5-15(6-9-17)21(27)25-20-12-16(24)7-4-14(20)2/h4-9,12-13,18-19H,3,10-11H2,1-2H3,(H,25,27)/t13-,18+,19+/m1/s1. The monoisotopic (exact) mass is 410 g/mol. The topological polar surface area (TPSA) is 66.5 Å². The first kappa shape index (κ1) is 19.6. The van der Waals surface area contributed by atoms with E-state index in [1.54, 1.807) is 36.4 Å². The van der Waals surface area contributed by atoms with Crippen LogP contribution in [0.3, 0.4) is 0 Å². The Kier molecular flexibility index (Phi) is 5.17. The fourth-order valence-electron chi connectivity index (χ4n) is 4.33. The van der Waals surface area contributed by atoms with E-state index in [0.717, 1.165) is 24.8 Å². The molecule has 4 rings (SSSR count). The van der Waals surface area contributed by atoms with Gasteiger partial charge in [0.1, 0.15) is 0 Å². The van der Waals surface area contributed by atoms with Crippen LogP contribution in [0, 0.1) is 24.7 Å². The van der Waals surface area contributed by atoms with Crippen LogP contribution in [0.1, 0.15) is 42.1 Å². The van der Waals surface area contributed by atoms with Crippen LogP contribution in [0.15, 0.2) is 42.5 Å². The van der Waals surface area contributed by atoms with Crippen molar-refractivity contribution in [3.63, 3.8) is 0 Å². The summed E-state index contributed by atoms with van der Waals surface area (Å²) in [5.74, 6) is -0.443. The third kappa shape index (κ3) is 3.67. The molecule has 0 spiro atoms. The maximum Gasteiger partial charge on any atom is 0.255 e. The molecule has 29 heavy (non-hydrogen) atoms. The maximum atomic E-state index is 12.8. The van der Waals surface area contributed by atoms with E-state index in [1.165, 1.54) is 4.90 Å². The number of halogens is 1. The Morgan fingerprint density at radius 1 is 1.03 bits per heavy atom. The van der Waals surface area contributed by atoms with E-state index in [0.29, 0.717) is 27.9 Å². The van der Waals surface area contributed by atoms with Gasteiger partial charge in [-0.05, 0) is 74.1 Å². The van der Waals surface area contributed by atoms with Gasteiger partial charge in [0.2, 0.25) is 11.8 Å². The lowest BCUT2D eigenvalue weighted by Crippen LogP contribution is -2.30. The van der Waals surface area contributed by atoms with Crippen LogP contribution >= 0.6 is 11.6 Å². The number of nitrogens with one attached hydrogen (secondary N) is 1. The van der Waals surface area contributed by atoms with Crippen molar-refractivity contribution in [1.29, 1.82) is 0 Å². The van der Waals surface area contributed by atoms with Crippen LogP contribution in [0.5, 0.6) is 0 Å². The average Bonchev–Trinajstić information content (AvgIpc) is 2.94. The first-order valence-corrected chi connectivity index (χ1v) is 10.3. The summed E-state index contributed by atoms with van der Waals surface area (Å²) in [5.41, 5.74) is 2.52. The summed E-state index contributed by atoms with van der Waals surface area (Å²) in [4.78, 5) is 39.5. The van der Waals surface area contributed by atoms with Crippen molar-refractivity contribution in [2.75, 3.05) is 10.2 Å². The molecule has 2 aliphatic rings. The first-order chi connectivity index (χ1) is 13.8. The third-order valence-electron chi connectivity index (χ3n) is 6.02. The average molecular weight is 411 g/mol. The van der Waals surface area contributed by atoms with E-state index in [4.69, 9.17) is 11.6 Å². The second-order valence-electron chi connectivity index (χ2n) is 8.10. The number of hydrogen-bond acceptors (Lipinski definition) is 3. The number of aryl methyl sites for hydroxylation is 1. The molecule has 3 atom stereocenters. The van der Waals surface area contributed by atoms with E-state index < -0.39 is 0 Å². The molecule has 2 fully saturated rings. The molecule has 1 N–H and O–H groups in total. The van der Waals surface area contributed by atoms with Crippen LogP contribution in [0.4, 0.5) is 11.4 Å². The van der Waals surface area contributed by atoms with Crippen molar-refractivity contribution in [2.45, 2.75) is 33.1 Å². The lowest BCUT2D eigenvalue weighted by Gasteiger charge is -2.25. The molecule has 1 saturated carbocycles. The number of hydrogen-bond donors (Lipinski definition) is 1. The molecule has 6 heteroatoms. The molecule has 0 radical (unpaired) electrons. The van der Waals surface area contributed by atoms with Crippen molar-refractivity contribution in [1.82, 2.24) is 0 Å². The number of rotatable bonds is 3. The molecule has 1 aliphatic heterocycles. The van der Waals surface area contributed by atoms with Gasteiger partial charge in [0.15, 0.2) is 0 Å². The van der Waals surface area contributed by atoms with E-state index >= 15 is 0 Å². The normalized spacial score (nSPS) is 23.8. The Morgan fingerprint density at radius 2 is 1.72 bits per heavy atom. The summed E-state index contributed by atoms with van der Waals surface area (Å²) in [7, 11) is 0. The van der Waals surface area contributed by atoms with E-state index in [-0.39, 0.29) is 29.6 Å². The maximum absolute atomic E-state index is 12.8. The predicted molar refractivity (Wildman–Crippen MR) is 113 cm³/mol. The van der Waals surface area contributed by atoms with Gasteiger partial charge >= 0.3 is 0 Å². The fraction of sp³-hybridized carbons (Fsp3) is 0.348. The Balaban J connectivity index is 1.52. The van der Waals surface area contributed by atoms with Crippen LogP contribution in [0.2, 0.25) is 5.02 Å². The van der Waals surface area contributed by atoms with Gasteiger partial charge in [-0.25, -0.2) is 0 Å². The lowest BCUT2D eigenvalue weighted by molar-refractivity contribution is -0.122. The summed E-state index contributed by atoms with van der Waals surface area (Å²) in [5, 5.41) is 3.39. The summed E-state index contributed by atoms with van der Waals surface area (Å²) in [6, 6.07) is 11.9. The predicted octanol–water partition coefficient (Wildman–Crippen LogP) is 4.83. The molecular weight excluding hydrogens is 388 g/mol. The zero-order valence-electron chi connectivity index (χ0n) is 16.4. The van der Waals surface area contributed by atoms with Gasteiger partial charge in [0, 0.05) is 16.3 Å². The smallest absolute Gasteiger partial charge is 0.255 e. The molecule has 2 aromatic rings. The molecule has 0 aromatic heterocycles. The zero-order valence-corrected chi connectivity index (χ0v) is 17.2. The summed E-state index contributed by atoms with van der Waals surface area (Å²) in [6.07, 6.45) is 2.52. The molecule has 1 aliphatic carbocycles. The van der Waals surface area contributed by atoms with Crippen molar-refractivity contribution < 1.29 is 14.4 Å². The number of benzene rings is 2. The Morgan fingerprint density at radius 3 is 2.45 bits per heavy atom. The fourth-order valence-corrected chi connectivity index (χ4v) is 4.50. The van der Waals surface area contributed by atoms with Crippen LogP contribution in [-0.4, -0.2) is 17.7 Å². The number of fused-ring (bicyclic) bond motifs is 1. The molecule has 1 saturated heterocycles. The van der Waals surface area contributed by atoms with Crippen LogP contribution in [-0.2, 0) is 9.59 Å². The second-order valence-corrected chi connectivity index (χ2v) is 8.54. The summed E-state index contributed by atoms with van der Waals surface area (Å²) < 4.78 is 0. The largest absolute Gasteiger partial charge is 0.322 e. The Bertz CT molecular complexity index is 986. The zero-order chi connectivity index (χ0) is 20.7. The van der Waals surface area contributed by atoms with Crippen molar-refractivity contribution in [3.8, 4) is 0 Å². The molecule has 2 aromatic carbocycles. The van der Waals surface area contributed by atoms with Gasteiger partial charge in [-0.1, -0.05) is 24.6 Å². The van der Waals surface area contributed by atoms with E-state index in [1.807, 2.05) is 13.0 Å². The summed E-state index contributed by atoms with van der Waals surface area (Å²) >= 11 is 6.01. The van der Waals surface area contributed by atoms with E-state index in [2.05, 4.69) is 12.2 Å². The molecule has 1 heterocycles. The lowest BCUT2D eigenvalue weighted by atomic mass is 9.76. The quantitative estimate of drug-likeness (QED) is 0.737. The number of carbonyl (C=O) groups excluding carboxylic acids is 3. The number of carbonyl (C=O) groups is 3. The minimum atomic E-state index is -0.275. The number of anilines is 2. The molecule has 0 bridgehead atoms. The van der Waals surface area contributed by atoms with Gasteiger partial charge in [-0.15, -0.1) is 0 Å². The van der Waals surface area contributed by atoms with Gasteiger partial charge in [-0.2, -0.15) is 0 Å². The Labute approximate surface area is 175 Å². The SMILES string of the molecule is Cc1ccc(Cl)cc1NC(=O)c1ccc(N2C(=O)[C@H]3CC[C@@H](C)C[C@@H]3C2=O)cc1. The minimum absolute atomic E-state index is 0.112. The number of imide groups is 1. The van der Waals surface area contributed by atoms with Crippen LogP contribution in [0.25, 0.3) is 0 Å². The second kappa shape index (κ2) is 7.64. The van der Waals surface area contributed by atoms with E-state index in [9.17, 15) is 14.4 Å². The highest BCUT2D eigenvalue weighted by molar-refractivity contribution is 6.31. The highest BCUT2D eigenvalue weighted by atomic mass is 35.5. The van der Waals surface area contributed by atoms with Gasteiger partial charge in [0.05, 0.1) is 17.5 Å². The number of nitrogens with zero attached hydrogens (tertiary/aromatic N) is 1. The molecule has 150 valence electrons. The highest BCUT2D eigenvalue weighted by Crippen LogP contribution is 2.42. The third-order valence-corrected chi connectivity index (χ3v) is 6.26. The van der Waals surface area contributed by atoms with Gasteiger partial charge in [-0.3, -0.25) is 19.3 Å². The summed E-state index contributed by atoms with van der Waals surface area (Å²) in [6.45, 7) is 4.02. The highest BCUT2D eigenvalue weighted by Gasteiger charge is 2.49. The molecule has 3 amide bonds. The molecule has 5 nitrogen and oxygen atoms in total. The van der Waals surface area contributed by atoms with Crippen molar-refractivity contribution in [3.05, 3.63) is 58.6 Å². The van der Waals surface area contributed by atoms with Gasteiger partial charge < -0.3 is 5.32 Å².